The number of aryl methyl sites for hydroxylation is 1. The second-order valence-corrected chi connectivity index (χ2v) is 4.01. The van der Waals surface area contributed by atoms with Crippen molar-refractivity contribution in [3.05, 3.63) is 23.1 Å². The minimum Gasteiger partial charge on any atom is -0.399 e. The van der Waals surface area contributed by atoms with Gasteiger partial charge in [-0.2, -0.15) is 0 Å². The number of rotatable bonds is 1. The quantitative estimate of drug-likeness (QED) is 0.682. The Labute approximate surface area is 81.2 Å². The van der Waals surface area contributed by atoms with Crippen LogP contribution in [-0.2, 0) is 6.42 Å². The molecule has 0 atom stereocenters. The molecule has 3 heteroatoms. The molecule has 0 spiro atoms. The fraction of sp³-hybridized carbons (Fsp3) is 0.200. The largest absolute Gasteiger partial charge is 0.399 e. The molecule has 1 aromatic carbocycles. The van der Waals surface area contributed by atoms with Gasteiger partial charge in [-0.25, -0.2) is 0 Å². The zero-order chi connectivity index (χ0) is 9.42. The summed E-state index contributed by atoms with van der Waals surface area (Å²) in [7, 11) is 0. The average molecular weight is 192 g/mol. The number of thiophene rings is 1. The zero-order valence-electron chi connectivity index (χ0n) is 7.50. The molecule has 0 amide bonds. The lowest BCUT2D eigenvalue weighted by Gasteiger charge is -2.01. The van der Waals surface area contributed by atoms with E-state index in [2.05, 4.69) is 12.3 Å². The summed E-state index contributed by atoms with van der Waals surface area (Å²) in [5, 5.41) is 3.34. The number of nitrogens with two attached hydrogens (primary N) is 2. The summed E-state index contributed by atoms with van der Waals surface area (Å²) < 4.78 is 1.19. The lowest BCUT2D eigenvalue weighted by molar-refractivity contribution is 1.17. The predicted molar refractivity (Wildman–Crippen MR) is 60.0 cm³/mol. The summed E-state index contributed by atoms with van der Waals surface area (Å²) in [5.41, 5.74) is 14.5. The lowest BCUT2D eigenvalue weighted by Crippen LogP contribution is -1.91. The first kappa shape index (κ1) is 8.38. The van der Waals surface area contributed by atoms with E-state index in [1.165, 1.54) is 15.6 Å². The second-order valence-electron chi connectivity index (χ2n) is 3.10. The number of anilines is 2. The summed E-state index contributed by atoms with van der Waals surface area (Å²) in [6.45, 7) is 2.14. The first-order valence-electron chi connectivity index (χ1n) is 4.27. The first-order chi connectivity index (χ1) is 6.22. The maximum absolute atomic E-state index is 5.90. The van der Waals surface area contributed by atoms with Crippen LogP contribution in [0.25, 0.3) is 10.1 Å². The maximum Gasteiger partial charge on any atom is 0.0425 e. The summed E-state index contributed by atoms with van der Waals surface area (Å²) in [6.07, 6.45) is 1.02. The average Bonchev–Trinajstić information content (AvgIpc) is 2.47. The van der Waals surface area contributed by atoms with Crippen LogP contribution in [-0.4, -0.2) is 0 Å². The summed E-state index contributed by atoms with van der Waals surface area (Å²) >= 11 is 1.71. The van der Waals surface area contributed by atoms with Gasteiger partial charge in [-0.15, -0.1) is 11.3 Å². The second kappa shape index (κ2) is 2.92. The molecule has 1 heterocycles. The highest BCUT2D eigenvalue weighted by molar-refractivity contribution is 7.17. The number of nitrogen functional groups attached to an aromatic ring is 2. The highest BCUT2D eigenvalue weighted by Gasteiger charge is 2.06. The van der Waals surface area contributed by atoms with Crippen molar-refractivity contribution in [2.24, 2.45) is 0 Å². The van der Waals surface area contributed by atoms with Crippen LogP contribution in [0.3, 0.4) is 0 Å². The molecule has 13 heavy (non-hydrogen) atoms. The van der Waals surface area contributed by atoms with Gasteiger partial charge in [0.25, 0.3) is 0 Å². The van der Waals surface area contributed by atoms with Crippen molar-refractivity contribution in [1.82, 2.24) is 0 Å². The van der Waals surface area contributed by atoms with Crippen molar-refractivity contribution in [2.75, 3.05) is 11.5 Å². The van der Waals surface area contributed by atoms with E-state index in [1.807, 2.05) is 12.1 Å². The third kappa shape index (κ3) is 1.25. The Balaban J connectivity index is 2.82. The minimum absolute atomic E-state index is 0.745. The van der Waals surface area contributed by atoms with Gasteiger partial charge in [-0.3, -0.25) is 0 Å². The van der Waals surface area contributed by atoms with Gasteiger partial charge in [-0.05, 0) is 29.5 Å². The Morgan fingerprint density at radius 3 is 2.77 bits per heavy atom. The molecule has 0 saturated heterocycles. The van der Waals surface area contributed by atoms with Gasteiger partial charge >= 0.3 is 0 Å². The van der Waals surface area contributed by atoms with Crippen LogP contribution >= 0.6 is 11.3 Å². The van der Waals surface area contributed by atoms with E-state index in [0.29, 0.717) is 0 Å². The van der Waals surface area contributed by atoms with E-state index in [9.17, 15) is 0 Å². The van der Waals surface area contributed by atoms with Gasteiger partial charge in [0.05, 0.1) is 0 Å². The van der Waals surface area contributed by atoms with Gasteiger partial charge in [-0.1, -0.05) is 6.92 Å². The van der Waals surface area contributed by atoms with Gasteiger partial charge in [0.2, 0.25) is 0 Å². The molecule has 68 valence electrons. The Bertz CT molecular complexity index is 445. The van der Waals surface area contributed by atoms with Crippen molar-refractivity contribution in [1.29, 1.82) is 0 Å². The molecular formula is C10H12N2S. The Morgan fingerprint density at radius 1 is 1.31 bits per heavy atom. The third-order valence-electron chi connectivity index (χ3n) is 2.19. The SMILES string of the molecule is CCc1csc2cc(N)cc(N)c12. The normalized spacial score (nSPS) is 10.8. The van der Waals surface area contributed by atoms with Crippen LogP contribution in [0.1, 0.15) is 12.5 Å². The van der Waals surface area contributed by atoms with Crippen molar-refractivity contribution < 1.29 is 0 Å². The smallest absolute Gasteiger partial charge is 0.0425 e. The van der Waals surface area contributed by atoms with E-state index in [-0.39, 0.29) is 0 Å². The highest BCUT2D eigenvalue weighted by Crippen LogP contribution is 2.33. The molecule has 0 fully saturated rings. The molecule has 2 aromatic rings. The summed E-state index contributed by atoms with van der Waals surface area (Å²) in [6, 6.07) is 3.81. The molecule has 2 nitrogen and oxygen atoms in total. The molecule has 0 aliphatic carbocycles. The standard InChI is InChI=1S/C10H12N2S/c1-2-6-5-13-9-4-7(11)3-8(12)10(6)9/h3-5H,2,11-12H2,1H3. The van der Waals surface area contributed by atoms with E-state index in [4.69, 9.17) is 11.5 Å². The molecule has 0 aliphatic rings. The van der Waals surface area contributed by atoms with Crippen LogP contribution < -0.4 is 11.5 Å². The lowest BCUT2D eigenvalue weighted by atomic mass is 10.1. The van der Waals surface area contributed by atoms with Crippen LogP contribution in [0.5, 0.6) is 0 Å². The van der Waals surface area contributed by atoms with Crippen molar-refractivity contribution >= 4 is 32.8 Å². The summed E-state index contributed by atoms with van der Waals surface area (Å²) in [4.78, 5) is 0. The van der Waals surface area contributed by atoms with Crippen molar-refractivity contribution in [3.8, 4) is 0 Å². The van der Waals surface area contributed by atoms with Gasteiger partial charge in [0.1, 0.15) is 0 Å². The topological polar surface area (TPSA) is 52.0 Å². The van der Waals surface area contributed by atoms with Crippen LogP contribution in [0.2, 0.25) is 0 Å². The highest BCUT2D eigenvalue weighted by atomic mass is 32.1. The Kier molecular flexibility index (Phi) is 1.88. The molecule has 2 rings (SSSR count). The molecule has 0 radical (unpaired) electrons. The van der Waals surface area contributed by atoms with Crippen LogP contribution in [0.4, 0.5) is 11.4 Å². The number of benzene rings is 1. The Hall–Kier alpha value is -1.22. The molecule has 0 unspecified atom stereocenters. The molecule has 1 aromatic heterocycles. The molecular weight excluding hydrogens is 180 g/mol. The minimum atomic E-state index is 0.745. The maximum atomic E-state index is 5.90. The van der Waals surface area contributed by atoms with Crippen LogP contribution in [0, 0.1) is 0 Å². The van der Waals surface area contributed by atoms with Gasteiger partial charge < -0.3 is 11.5 Å². The van der Waals surface area contributed by atoms with Gasteiger partial charge in [0.15, 0.2) is 0 Å². The molecule has 0 bridgehead atoms. The number of fused-ring (bicyclic) bond motifs is 1. The third-order valence-corrected chi connectivity index (χ3v) is 3.16. The molecule has 0 saturated carbocycles. The van der Waals surface area contributed by atoms with E-state index < -0.39 is 0 Å². The van der Waals surface area contributed by atoms with E-state index in [0.717, 1.165) is 17.8 Å². The van der Waals surface area contributed by atoms with Crippen molar-refractivity contribution in [2.45, 2.75) is 13.3 Å². The zero-order valence-corrected chi connectivity index (χ0v) is 8.32. The molecule has 4 N–H and O–H groups in total. The fourth-order valence-electron chi connectivity index (χ4n) is 1.55. The monoisotopic (exact) mass is 192 g/mol. The van der Waals surface area contributed by atoms with Crippen LogP contribution in [0.15, 0.2) is 17.5 Å². The van der Waals surface area contributed by atoms with Gasteiger partial charge in [0, 0.05) is 21.5 Å². The predicted octanol–water partition coefficient (Wildman–Crippen LogP) is 2.63. The molecule has 0 aliphatic heterocycles. The van der Waals surface area contributed by atoms with E-state index in [1.54, 1.807) is 11.3 Å². The number of hydrogen-bond acceptors (Lipinski definition) is 3. The summed E-state index contributed by atoms with van der Waals surface area (Å²) in [5.74, 6) is 0. The fourth-order valence-corrected chi connectivity index (χ4v) is 2.67. The first-order valence-corrected chi connectivity index (χ1v) is 5.15. The van der Waals surface area contributed by atoms with E-state index >= 15 is 0 Å². The van der Waals surface area contributed by atoms with Crippen molar-refractivity contribution in [3.63, 3.8) is 0 Å². The Morgan fingerprint density at radius 2 is 2.08 bits per heavy atom. The number of hydrogen-bond donors (Lipinski definition) is 2.